The van der Waals surface area contributed by atoms with Crippen LogP contribution in [0, 0.1) is 12.7 Å². The standard InChI is InChI=1S/C42H46FN5O5S.H2O/c1-4-6-22-46(23-7-5-2)42(51)39-24-29(3)48(44-39)40-21-14-33(26-38(40)41(50)47-27-31-11-9-8-10-30(31)25-34(47)28-49)45-54(52)37-19-17-36(18-20-37)53-35-15-12-32(43)13-16-35;/h8-21,24,26,34,45,49H,4-7,22-23,25,27-28H2,1-3H3;1H2/t34-,54?;/m0./s1. The molecule has 0 aliphatic carbocycles. The van der Waals surface area contributed by atoms with E-state index in [1.807, 2.05) is 36.1 Å². The van der Waals surface area contributed by atoms with E-state index in [1.54, 1.807) is 58.1 Å². The highest BCUT2D eigenvalue weighted by atomic mass is 32.2. The molecule has 1 unspecified atom stereocenters. The lowest BCUT2D eigenvalue weighted by molar-refractivity contribution is 0.0544. The number of carbonyl (C=O) groups excluding carboxylic acids is 2. The van der Waals surface area contributed by atoms with Gasteiger partial charge in [0.05, 0.1) is 28.8 Å². The van der Waals surface area contributed by atoms with Crippen molar-refractivity contribution >= 4 is 28.5 Å². The molecule has 290 valence electrons. The van der Waals surface area contributed by atoms with Crippen molar-refractivity contribution in [1.29, 1.82) is 0 Å². The Labute approximate surface area is 323 Å². The third-order valence-corrected chi connectivity index (χ3v) is 10.7. The Morgan fingerprint density at radius 1 is 0.927 bits per heavy atom. The van der Waals surface area contributed by atoms with Crippen LogP contribution in [-0.2, 0) is 24.0 Å². The molecule has 0 fully saturated rings. The number of unbranched alkanes of at least 4 members (excludes halogenated alkanes) is 2. The highest BCUT2D eigenvalue weighted by molar-refractivity contribution is 7.86. The molecule has 1 aliphatic rings. The zero-order chi connectivity index (χ0) is 38.2. The minimum atomic E-state index is -1.72. The van der Waals surface area contributed by atoms with Crippen molar-refractivity contribution in [3.05, 3.63) is 131 Å². The SMILES string of the molecule is CCCCN(CCCC)C(=O)c1cc(C)n(-c2ccc(NS(=O)c3ccc(Oc4ccc(F)cc4)cc3)cc2C(=O)N2Cc3ccccc3C[C@H]2CO)n1.O. The first kappa shape index (κ1) is 40.8. The van der Waals surface area contributed by atoms with Crippen LogP contribution in [0.5, 0.6) is 11.5 Å². The van der Waals surface area contributed by atoms with Gasteiger partial charge in [0.2, 0.25) is 0 Å². The van der Waals surface area contributed by atoms with Gasteiger partial charge in [-0.15, -0.1) is 0 Å². The lowest BCUT2D eigenvalue weighted by Crippen LogP contribution is -2.46. The van der Waals surface area contributed by atoms with Crippen molar-refractivity contribution in [2.24, 2.45) is 0 Å². The molecule has 55 heavy (non-hydrogen) atoms. The van der Waals surface area contributed by atoms with E-state index in [1.165, 1.54) is 24.3 Å². The lowest BCUT2D eigenvalue weighted by atomic mass is 9.93. The van der Waals surface area contributed by atoms with Crippen molar-refractivity contribution < 1.29 is 33.5 Å². The molecular weight excluding hydrogens is 722 g/mol. The van der Waals surface area contributed by atoms with Gasteiger partial charge in [-0.2, -0.15) is 5.10 Å². The summed E-state index contributed by atoms with van der Waals surface area (Å²) in [6, 6.07) is 26.6. The third kappa shape index (κ3) is 9.66. The van der Waals surface area contributed by atoms with E-state index in [-0.39, 0.29) is 35.3 Å². The molecule has 4 aromatic carbocycles. The van der Waals surface area contributed by atoms with Gasteiger partial charge in [0.25, 0.3) is 11.8 Å². The molecule has 2 amide bonds. The van der Waals surface area contributed by atoms with E-state index in [4.69, 9.17) is 9.84 Å². The number of aromatic nitrogens is 2. The minimum Gasteiger partial charge on any atom is -0.457 e. The average molecular weight is 770 g/mol. The van der Waals surface area contributed by atoms with Crippen LogP contribution < -0.4 is 9.46 Å². The summed E-state index contributed by atoms with van der Waals surface area (Å²) in [7, 11) is -1.72. The summed E-state index contributed by atoms with van der Waals surface area (Å²) >= 11 is 0. The zero-order valence-corrected chi connectivity index (χ0v) is 32.2. The summed E-state index contributed by atoms with van der Waals surface area (Å²) in [5.74, 6) is 0.119. The second kappa shape index (κ2) is 18.8. The summed E-state index contributed by atoms with van der Waals surface area (Å²) in [5.41, 5.74) is 4.22. The fraction of sp³-hybridized carbons (Fsp3) is 0.310. The van der Waals surface area contributed by atoms with Gasteiger partial charge in [-0.3, -0.25) is 9.59 Å². The molecule has 1 aromatic heterocycles. The van der Waals surface area contributed by atoms with Crippen LogP contribution in [0.3, 0.4) is 0 Å². The number of hydrogen-bond acceptors (Lipinski definition) is 6. The molecule has 0 radical (unpaired) electrons. The molecule has 4 N–H and O–H groups in total. The van der Waals surface area contributed by atoms with Crippen LogP contribution in [0.1, 0.15) is 77.2 Å². The van der Waals surface area contributed by atoms with Gasteiger partial charge in [-0.05, 0) is 110 Å². The number of rotatable bonds is 15. The Bertz CT molecular complexity index is 2100. The quantitative estimate of drug-likeness (QED) is 0.117. The molecule has 2 heterocycles. The lowest BCUT2D eigenvalue weighted by Gasteiger charge is -2.36. The number of aliphatic hydroxyl groups excluding tert-OH is 1. The van der Waals surface area contributed by atoms with E-state index < -0.39 is 17.0 Å². The summed E-state index contributed by atoms with van der Waals surface area (Å²) in [5, 5.41) is 15.2. The van der Waals surface area contributed by atoms with Gasteiger partial charge >= 0.3 is 0 Å². The van der Waals surface area contributed by atoms with Crippen LogP contribution in [0.2, 0.25) is 0 Å². The maximum Gasteiger partial charge on any atom is 0.274 e. The fourth-order valence-corrected chi connectivity index (χ4v) is 7.37. The first-order valence-electron chi connectivity index (χ1n) is 18.4. The number of benzene rings is 4. The minimum absolute atomic E-state index is 0. The molecule has 0 saturated carbocycles. The molecule has 11 nitrogen and oxygen atoms in total. The third-order valence-electron chi connectivity index (χ3n) is 9.54. The second-order valence-corrected chi connectivity index (χ2v) is 14.7. The number of aliphatic hydroxyl groups is 1. The molecule has 5 aromatic rings. The average Bonchev–Trinajstić information content (AvgIpc) is 3.58. The van der Waals surface area contributed by atoms with Gasteiger partial charge in [-0.25, -0.2) is 13.3 Å². The van der Waals surface area contributed by atoms with Gasteiger partial charge in [0, 0.05) is 31.0 Å². The maximum absolute atomic E-state index is 14.6. The van der Waals surface area contributed by atoms with E-state index in [2.05, 4.69) is 18.6 Å². The predicted octanol–water partition coefficient (Wildman–Crippen LogP) is 7.02. The molecule has 0 bridgehead atoms. The van der Waals surface area contributed by atoms with Crippen LogP contribution in [-0.4, -0.2) is 71.9 Å². The Morgan fingerprint density at radius 2 is 1.56 bits per heavy atom. The Morgan fingerprint density at radius 3 is 2.20 bits per heavy atom. The number of fused-ring (bicyclic) bond motifs is 1. The van der Waals surface area contributed by atoms with E-state index >= 15 is 0 Å². The smallest absolute Gasteiger partial charge is 0.274 e. The van der Waals surface area contributed by atoms with Gasteiger partial charge in [0.15, 0.2) is 5.69 Å². The van der Waals surface area contributed by atoms with Gasteiger partial charge < -0.3 is 29.8 Å². The Hall–Kier alpha value is -5.37. The topological polar surface area (TPSA) is 148 Å². The molecule has 6 rings (SSSR count). The number of aryl methyl sites for hydroxylation is 1. The van der Waals surface area contributed by atoms with Gasteiger partial charge in [-0.1, -0.05) is 51.0 Å². The van der Waals surface area contributed by atoms with Crippen LogP contribution in [0.25, 0.3) is 5.69 Å². The monoisotopic (exact) mass is 769 g/mol. The molecule has 0 saturated heterocycles. The van der Waals surface area contributed by atoms with Crippen molar-refractivity contribution in [2.45, 2.75) is 70.4 Å². The van der Waals surface area contributed by atoms with Crippen molar-refractivity contribution in [2.75, 3.05) is 24.4 Å². The number of anilines is 1. The largest absolute Gasteiger partial charge is 0.457 e. The van der Waals surface area contributed by atoms with Crippen molar-refractivity contribution in [3.8, 4) is 17.2 Å². The molecule has 13 heteroatoms. The van der Waals surface area contributed by atoms with Crippen molar-refractivity contribution in [3.63, 3.8) is 0 Å². The van der Waals surface area contributed by atoms with E-state index in [9.17, 15) is 23.3 Å². The fourth-order valence-electron chi connectivity index (χ4n) is 6.53. The summed E-state index contributed by atoms with van der Waals surface area (Å²) in [6.45, 7) is 7.41. The van der Waals surface area contributed by atoms with Crippen molar-refractivity contribution in [1.82, 2.24) is 19.6 Å². The molecule has 2 atom stereocenters. The first-order chi connectivity index (χ1) is 26.2. The predicted molar refractivity (Wildman–Crippen MR) is 211 cm³/mol. The van der Waals surface area contributed by atoms with E-state index in [0.29, 0.717) is 65.2 Å². The molecule has 1 aliphatic heterocycles. The number of halogens is 1. The number of ether oxygens (including phenoxy) is 1. The summed E-state index contributed by atoms with van der Waals surface area (Å²) < 4.78 is 37.3. The first-order valence-corrected chi connectivity index (χ1v) is 19.5. The normalized spacial score (nSPS) is 14.1. The number of nitrogens with one attached hydrogen (secondary N) is 1. The molecule has 0 spiro atoms. The number of amides is 2. The molecular formula is C42H48FN5O6S. The van der Waals surface area contributed by atoms with E-state index in [0.717, 1.165) is 36.8 Å². The highest BCUT2D eigenvalue weighted by Gasteiger charge is 2.32. The second-order valence-electron chi connectivity index (χ2n) is 13.5. The summed E-state index contributed by atoms with van der Waals surface area (Å²) in [6.07, 6.45) is 4.21. The number of nitrogens with zero attached hydrogens (tertiary/aromatic N) is 4. The van der Waals surface area contributed by atoms with Crippen LogP contribution in [0.4, 0.5) is 10.1 Å². The highest BCUT2D eigenvalue weighted by Crippen LogP contribution is 2.30. The number of hydrogen-bond donors (Lipinski definition) is 2. The Kier molecular flexibility index (Phi) is 13.9. The maximum atomic E-state index is 14.6. The van der Waals surface area contributed by atoms with Crippen LogP contribution >= 0.6 is 0 Å². The summed E-state index contributed by atoms with van der Waals surface area (Å²) in [4.78, 5) is 32.4. The zero-order valence-electron chi connectivity index (χ0n) is 31.3. The number of carbonyl (C=O) groups is 2. The van der Waals surface area contributed by atoms with Gasteiger partial charge in [0.1, 0.15) is 28.3 Å². The Balaban J connectivity index is 0.00000580. The van der Waals surface area contributed by atoms with Crippen LogP contribution in [0.15, 0.2) is 102 Å².